The van der Waals surface area contributed by atoms with E-state index in [4.69, 9.17) is 4.74 Å². The number of amides is 1. The van der Waals surface area contributed by atoms with Gasteiger partial charge in [0.25, 0.3) is 0 Å². The van der Waals surface area contributed by atoms with Crippen LogP contribution in [0.3, 0.4) is 0 Å². The predicted octanol–water partition coefficient (Wildman–Crippen LogP) is 3.90. The number of hydrogen-bond donors (Lipinski definition) is 0. The van der Waals surface area contributed by atoms with Crippen LogP contribution in [0.1, 0.15) is 31.0 Å². The Hall–Kier alpha value is -3.41. The van der Waals surface area contributed by atoms with Crippen LogP contribution < -0.4 is 4.74 Å². The van der Waals surface area contributed by atoms with Gasteiger partial charge in [-0.25, -0.2) is 9.67 Å². The van der Waals surface area contributed by atoms with Crippen LogP contribution >= 0.6 is 0 Å². The fraction of sp³-hybridized carbons (Fsp3) is 0.227. The van der Waals surface area contributed by atoms with E-state index in [9.17, 15) is 4.79 Å². The van der Waals surface area contributed by atoms with Gasteiger partial charge in [0.1, 0.15) is 18.4 Å². The lowest BCUT2D eigenvalue weighted by Gasteiger charge is -2.24. The zero-order chi connectivity index (χ0) is 19.9. The number of aromatic nitrogens is 3. The number of ether oxygens (including phenoxy) is 1. The zero-order valence-electron chi connectivity index (χ0n) is 16.3. The highest BCUT2D eigenvalue weighted by atomic mass is 16.5. The third kappa shape index (κ3) is 4.65. The minimum atomic E-state index is -0.0539. The molecule has 0 saturated heterocycles. The second-order valence-electron chi connectivity index (χ2n) is 6.39. The van der Waals surface area contributed by atoms with Crippen molar-refractivity contribution in [3.05, 3.63) is 78.4 Å². The molecule has 6 nitrogen and oxygen atoms in total. The fourth-order valence-corrected chi connectivity index (χ4v) is 2.79. The van der Waals surface area contributed by atoms with E-state index in [0.29, 0.717) is 6.61 Å². The maximum absolute atomic E-state index is 12.5. The van der Waals surface area contributed by atoms with Crippen LogP contribution in [0.2, 0.25) is 0 Å². The largest absolute Gasteiger partial charge is 0.494 e. The van der Waals surface area contributed by atoms with Gasteiger partial charge < -0.3 is 9.64 Å². The first-order chi connectivity index (χ1) is 13.6. The van der Waals surface area contributed by atoms with E-state index >= 15 is 0 Å². The third-order valence-electron chi connectivity index (χ3n) is 4.60. The standard InChI is InChI=1S/C22H24N4O2/c1-4-28-21-12-5-18(6-13-21)7-14-22(27)25(3)17(2)19-8-10-20(11-9-19)26-16-23-15-24-26/h5-17H,4H2,1-3H3/b14-7+/t17-/m1/s1. The molecule has 0 spiro atoms. The zero-order valence-corrected chi connectivity index (χ0v) is 16.3. The second kappa shape index (κ2) is 8.99. The Balaban J connectivity index is 1.63. The molecule has 0 radical (unpaired) electrons. The molecule has 0 aliphatic carbocycles. The van der Waals surface area contributed by atoms with Gasteiger partial charge >= 0.3 is 0 Å². The summed E-state index contributed by atoms with van der Waals surface area (Å²) in [6.45, 7) is 4.59. The molecule has 0 unspecified atom stereocenters. The van der Waals surface area contributed by atoms with Crippen molar-refractivity contribution in [2.45, 2.75) is 19.9 Å². The number of benzene rings is 2. The summed E-state index contributed by atoms with van der Waals surface area (Å²) in [7, 11) is 1.81. The van der Waals surface area contributed by atoms with Crippen molar-refractivity contribution < 1.29 is 9.53 Å². The maximum atomic E-state index is 12.5. The molecule has 6 heteroatoms. The molecule has 2 aromatic carbocycles. The summed E-state index contributed by atoms with van der Waals surface area (Å²) >= 11 is 0. The lowest BCUT2D eigenvalue weighted by Crippen LogP contribution is -2.27. The van der Waals surface area contributed by atoms with E-state index in [1.54, 1.807) is 29.0 Å². The predicted molar refractivity (Wildman–Crippen MR) is 109 cm³/mol. The summed E-state index contributed by atoms with van der Waals surface area (Å²) < 4.78 is 7.13. The van der Waals surface area contributed by atoms with E-state index in [0.717, 1.165) is 22.6 Å². The molecular weight excluding hydrogens is 352 g/mol. The Morgan fingerprint density at radius 3 is 2.50 bits per heavy atom. The average molecular weight is 376 g/mol. The van der Waals surface area contributed by atoms with Gasteiger partial charge in [0, 0.05) is 13.1 Å². The molecule has 0 N–H and O–H groups in total. The number of carbonyl (C=O) groups excluding carboxylic acids is 1. The highest BCUT2D eigenvalue weighted by Crippen LogP contribution is 2.21. The van der Waals surface area contributed by atoms with Crippen LogP contribution in [0.5, 0.6) is 5.75 Å². The van der Waals surface area contributed by atoms with E-state index in [1.165, 1.54) is 6.33 Å². The van der Waals surface area contributed by atoms with Gasteiger partial charge in [-0.05, 0) is 55.3 Å². The molecule has 0 fully saturated rings. The van der Waals surface area contributed by atoms with Crippen molar-refractivity contribution in [2.75, 3.05) is 13.7 Å². The molecule has 0 aliphatic rings. The Morgan fingerprint density at radius 2 is 1.89 bits per heavy atom. The van der Waals surface area contributed by atoms with Crippen LogP contribution in [-0.4, -0.2) is 39.2 Å². The summed E-state index contributed by atoms with van der Waals surface area (Å²) in [5.41, 5.74) is 2.93. The molecule has 3 rings (SSSR count). The van der Waals surface area contributed by atoms with Gasteiger partial charge in [-0.1, -0.05) is 24.3 Å². The Morgan fingerprint density at radius 1 is 1.18 bits per heavy atom. The van der Waals surface area contributed by atoms with E-state index in [1.807, 2.05) is 68.5 Å². The highest BCUT2D eigenvalue weighted by Gasteiger charge is 2.15. The highest BCUT2D eigenvalue weighted by molar-refractivity contribution is 5.91. The molecule has 1 aromatic heterocycles. The summed E-state index contributed by atoms with van der Waals surface area (Å²) in [6, 6.07) is 15.5. The second-order valence-corrected chi connectivity index (χ2v) is 6.39. The Bertz CT molecular complexity index is 916. The Kier molecular flexibility index (Phi) is 6.22. The van der Waals surface area contributed by atoms with Gasteiger partial charge in [0.2, 0.25) is 5.91 Å². The SMILES string of the molecule is CCOc1ccc(/C=C/C(=O)N(C)[C@H](C)c2ccc(-n3cncn3)cc2)cc1. The normalized spacial score (nSPS) is 12.1. The molecule has 1 atom stereocenters. The number of hydrogen-bond acceptors (Lipinski definition) is 4. The van der Waals surface area contributed by atoms with Crippen molar-refractivity contribution in [3.8, 4) is 11.4 Å². The number of likely N-dealkylation sites (N-methyl/N-ethyl adjacent to an activating group) is 1. The van der Waals surface area contributed by atoms with Crippen molar-refractivity contribution in [1.82, 2.24) is 19.7 Å². The van der Waals surface area contributed by atoms with Crippen molar-refractivity contribution in [1.29, 1.82) is 0 Å². The van der Waals surface area contributed by atoms with E-state index in [2.05, 4.69) is 10.1 Å². The summed E-state index contributed by atoms with van der Waals surface area (Å²) in [5.74, 6) is 0.771. The lowest BCUT2D eigenvalue weighted by atomic mass is 10.1. The minimum absolute atomic E-state index is 0.0534. The summed E-state index contributed by atoms with van der Waals surface area (Å²) in [6.07, 6.45) is 6.56. The van der Waals surface area contributed by atoms with Crippen molar-refractivity contribution >= 4 is 12.0 Å². The van der Waals surface area contributed by atoms with Crippen LogP contribution in [0.25, 0.3) is 11.8 Å². The number of nitrogens with zero attached hydrogens (tertiary/aromatic N) is 4. The van der Waals surface area contributed by atoms with Gasteiger partial charge in [-0.15, -0.1) is 0 Å². The number of rotatable bonds is 7. The first-order valence-electron chi connectivity index (χ1n) is 9.21. The molecule has 1 heterocycles. The topological polar surface area (TPSA) is 60.2 Å². The molecule has 0 bridgehead atoms. The molecule has 0 saturated carbocycles. The molecule has 144 valence electrons. The fourth-order valence-electron chi connectivity index (χ4n) is 2.79. The monoisotopic (exact) mass is 376 g/mol. The van der Waals surface area contributed by atoms with Crippen molar-refractivity contribution in [2.24, 2.45) is 0 Å². The average Bonchev–Trinajstić information content (AvgIpc) is 3.27. The quantitative estimate of drug-likeness (QED) is 0.587. The van der Waals surface area contributed by atoms with Gasteiger partial charge in [0.05, 0.1) is 18.3 Å². The van der Waals surface area contributed by atoms with Crippen LogP contribution in [0.4, 0.5) is 0 Å². The maximum Gasteiger partial charge on any atom is 0.246 e. The van der Waals surface area contributed by atoms with Gasteiger partial charge in [-0.3, -0.25) is 4.79 Å². The first-order valence-corrected chi connectivity index (χ1v) is 9.21. The Labute approximate surface area is 165 Å². The number of carbonyl (C=O) groups is 1. The van der Waals surface area contributed by atoms with Crippen molar-refractivity contribution in [3.63, 3.8) is 0 Å². The third-order valence-corrected chi connectivity index (χ3v) is 4.60. The van der Waals surface area contributed by atoms with Crippen LogP contribution in [0, 0.1) is 0 Å². The summed E-state index contributed by atoms with van der Waals surface area (Å²) in [5, 5.41) is 4.12. The summed E-state index contributed by atoms with van der Waals surface area (Å²) in [4.78, 5) is 18.2. The minimum Gasteiger partial charge on any atom is -0.494 e. The molecule has 1 amide bonds. The van der Waals surface area contributed by atoms with Gasteiger partial charge in [0.15, 0.2) is 0 Å². The van der Waals surface area contributed by atoms with Gasteiger partial charge in [-0.2, -0.15) is 5.10 Å². The van der Waals surface area contributed by atoms with E-state index < -0.39 is 0 Å². The molecule has 0 aliphatic heterocycles. The molecular formula is C22H24N4O2. The lowest BCUT2D eigenvalue weighted by molar-refractivity contribution is -0.126. The van der Waals surface area contributed by atoms with Crippen LogP contribution in [0.15, 0.2) is 67.3 Å². The first kappa shape index (κ1) is 19.4. The molecule has 3 aromatic rings. The van der Waals surface area contributed by atoms with E-state index in [-0.39, 0.29) is 11.9 Å². The molecule has 28 heavy (non-hydrogen) atoms. The smallest absolute Gasteiger partial charge is 0.246 e. The van der Waals surface area contributed by atoms with Crippen LogP contribution in [-0.2, 0) is 4.79 Å².